The number of hydrogen-bond donors (Lipinski definition) is 1. The highest BCUT2D eigenvalue weighted by Crippen LogP contribution is 2.23. The first kappa shape index (κ1) is 19.9. The van der Waals surface area contributed by atoms with Gasteiger partial charge < -0.3 is 9.67 Å². The fraction of sp³-hybridized carbons (Fsp3) is 0.417. The van der Waals surface area contributed by atoms with Crippen LogP contribution in [0.25, 0.3) is 11.3 Å². The second-order valence-electron chi connectivity index (χ2n) is 7.22. The number of aromatic nitrogens is 1. The summed E-state index contributed by atoms with van der Waals surface area (Å²) >= 11 is 1.72. The van der Waals surface area contributed by atoms with Crippen LogP contribution >= 0.6 is 11.3 Å². The molecule has 0 aliphatic carbocycles. The molecule has 3 aromatic rings. The summed E-state index contributed by atoms with van der Waals surface area (Å²) in [4.78, 5) is 2.42. The van der Waals surface area contributed by atoms with Crippen molar-refractivity contribution in [2.45, 2.75) is 65.0 Å². The summed E-state index contributed by atoms with van der Waals surface area (Å²) < 4.78 is 2.36. The molecule has 0 saturated heterocycles. The van der Waals surface area contributed by atoms with Crippen LogP contribution in [-0.4, -0.2) is 9.67 Å². The van der Waals surface area contributed by atoms with Crippen LogP contribution in [0.3, 0.4) is 0 Å². The zero-order valence-electron chi connectivity index (χ0n) is 16.4. The lowest BCUT2D eigenvalue weighted by Gasteiger charge is -2.10. The summed E-state index contributed by atoms with van der Waals surface area (Å²) in [5, 5.41) is 9.19. The molecule has 0 atom stereocenters. The monoisotopic (exact) mass is 381 g/mol. The number of aliphatic hydroxyl groups excluding tert-OH is 1. The summed E-state index contributed by atoms with van der Waals surface area (Å²) in [5.41, 5.74) is 4.05. The van der Waals surface area contributed by atoms with Gasteiger partial charge in [0.15, 0.2) is 0 Å². The fourth-order valence-corrected chi connectivity index (χ4v) is 4.45. The number of benzene rings is 1. The van der Waals surface area contributed by atoms with Crippen LogP contribution in [0.15, 0.2) is 54.7 Å². The van der Waals surface area contributed by atoms with Crippen molar-refractivity contribution in [1.82, 2.24) is 4.57 Å². The molecule has 0 bridgehead atoms. The van der Waals surface area contributed by atoms with Crippen molar-refractivity contribution in [3.8, 4) is 11.3 Å². The van der Waals surface area contributed by atoms with E-state index in [1.807, 2.05) is 6.07 Å². The standard InChI is InChI=1S/C24H31NOS/c1-2-3-4-5-8-20-11-13-21(14-12-20)24-10-7-18-25(24)17-6-9-22-15-16-23(19-26)27-22/h7,10-16,18,26H,2-6,8-9,17,19H2,1H3. The van der Waals surface area contributed by atoms with Crippen molar-refractivity contribution in [1.29, 1.82) is 0 Å². The van der Waals surface area contributed by atoms with Gasteiger partial charge in [0, 0.05) is 28.2 Å². The summed E-state index contributed by atoms with van der Waals surface area (Å²) in [6.45, 7) is 3.44. The predicted molar refractivity (Wildman–Crippen MR) is 116 cm³/mol. The zero-order chi connectivity index (χ0) is 18.9. The lowest BCUT2D eigenvalue weighted by molar-refractivity contribution is 0.285. The summed E-state index contributed by atoms with van der Waals surface area (Å²) in [6.07, 6.45) is 10.8. The maximum absolute atomic E-state index is 9.19. The molecule has 0 radical (unpaired) electrons. The van der Waals surface area contributed by atoms with Gasteiger partial charge in [-0.15, -0.1) is 11.3 Å². The predicted octanol–water partition coefficient (Wildman–Crippen LogP) is 6.46. The summed E-state index contributed by atoms with van der Waals surface area (Å²) in [6, 6.07) is 17.7. The fourth-order valence-electron chi connectivity index (χ4n) is 3.53. The Labute approximate surface area is 167 Å². The van der Waals surface area contributed by atoms with Gasteiger partial charge in [-0.25, -0.2) is 0 Å². The van der Waals surface area contributed by atoms with Crippen molar-refractivity contribution in [3.05, 3.63) is 70.0 Å². The molecular formula is C24H31NOS. The average Bonchev–Trinajstić information content (AvgIpc) is 3.35. The van der Waals surface area contributed by atoms with E-state index in [9.17, 15) is 5.11 Å². The Bertz CT molecular complexity index is 800. The van der Waals surface area contributed by atoms with Crippen LogP contribution in [0, 0.1) is 0 Å². The summed E-state index contributed by atoms with van der Waals surface area (Å²) in [5.74, 6) is 0. The minimum atomic E-state index is 0.154. The third kappa shape index (κ3) is 5.82. The van der Waals surface area contributed by atoms with Crippen LogP contribution in [0.1, 0.15) is 54.3 Å². The second-order valence-corrected chi connectivity index (χ2v) is 8.48. The van der Waals surface area contributed by atoms with Gasteiger partial charge in [0.2, 0.25) is 0 Å². The van der Waals surface area contributed by atoms with E-state index in [-0.39, 0.29) is 6.61 Å². The highest BCUT2D eigenvalue weighted by molar-refractivity contribution is 7.11. The Hall–Kier alpha value is -1.84. The molecule has 0 aliphatic heterocycles. The third-order valence-electron chi connectivity index (χ3n) is 5.09. The SMILES string of the molecule is CCCCCCc1ccc(-c2cccn2CCCc2ccc(CO)s2)cc1. The van der Waals surface area contributed by atoms with Crippen LogP contribution in [-0.2, 0) is 26.0 Å². The minimum Gasteiger partial charge on any atom is -0.391 e. The Balaban J connectivity index is 1.54. The van der Waals surface area contributed by atoms with Gasteiger partial charge >= 0.3 is 0 Å². The molecule has 0 spiro atoms. The molecule has 0 amide bonds. The number of hydrogen-bond acceptors (Lipinski definition) is 2. The number of nitrogens with zero attached hydrogens (tertiary/aromatic N) is 1. The quantitative estimate of drug-likeness (QED) is 0.379. The average molecular weight is 382 g/mol. The van der Waals surface area contributed by atoms with Crippen molar-refractivity contribution in [3.63, 3.8) is 0 Å². The lowest BCUT2D eigenvalue weighted by Crippen LogP contribution is -2.00. The smallest absolute Gasteiger partial charge is 0.0774 e. The zero-order valence-corrected chi connectivity index (χ0v) is 17.2. The third-order valence-corrected chi connectivity index (χ3v) is 6.22. The molecule has 0 unspecified atom stereocenters. The van der Waals surface area contributed by atoms with Gasteiger partial charge in [0.1, 0.15) is 0 Å². The molecule has 0 fully saturated rings. The first-order chi connectivity index (χ1) is 13.3. The van der Waals surface area contributed by atoms with E-state index in [0.717, 1.165) is 24.3 Å². The molecule has 144 valence electrons. The van der Waals surface area contributed by atoms with E-state index in [1.54, 1.807) is 11.3 Å². The maximum Gasteiger partial charge on any atom is 0.0774 e. The van der Waals surface area contributed by atoms with Gasteiger partial charge in [-0.3, -0.25) is 0 Å². The number of unbranched alkanes of at least 4 members (excludes halogenated alkanes) is 3. The van der Waals surface area contributed by atoms with Crippen molar-refractivity contribution in [2.75, 3.05) is 0 Å². The Morgan fingerprint density at radius 3 is 2.41 bits per heavy atom. The van der Waals surface area contributed by atoms with Gasteiger partial charge in [-0.1, -0.05) is 50.5 Å². The molecular weight excluding hydrogens is 350 g/mol. The molecule has 2 heterocycles. The van der Waals surface area contributed by atoms with Crippen LogP contribution in [0.4, 0.5) is 0 Å². The molecule has 0 aliphatic rings. The summed E-state index contributed by atoms with van der Waals surface area (Å²) in [7, 11) is 0. The number of aryl methyl sites for hydroxylation is 3. The topological polar surface area (TPSA) is 25.2 Å². The highest BCUT2D eigenvalue weighted by atomic mass is 32.1. The number of aliphatic hydroxyl groups is 1. The normalized spacial score (nSPS) is 11.2. The van der Waals surface area contributed by atoms with Crippen LogP contribution in [0.5, 0.6) is 0 Å². The maximum atomic E-state index is 9.19. The largest absolute Gasteiger partial charge is 0.391 e. The first-order valence-electron chi connectivity index (χ1n) is 10.2. The van der Waals surface area contributed by atoms with Gasteiger partial charge in [0.05, 0.1) is 6.61 Å². The molecule has 27 heavy (non-hydrogen) atoms. The minimum absolute atomic E-state index is 0.154. The van der Waals surface area contributed by atoms with E-state index in [2.05, 4.69) is 60.2 Å². The first-order valence-corrected chi connectivity index (χ1v) is 11.0. The second kappa shape index (κ2) is 10.5. The van der Waals surface area contributed by atoms with Crippen molar-refractivity contribution in [2.24, 2.45) is 0 Å². The Kier molecular flexibility index (Phi) is 7.73. The lowest BCUT2D eigenvalue weighted by atomic mass is 10.0. The van der Waals surface area contributed by atoms with Crippen molar-refractivity contribution < 1.29 is 5.11 Å². The van der Waals surface area contributed by atoms with E-state index >= 15 is 0 Å². The molecule has 3 rings (SSSR count). The van der Waals surface area contributed by atoms with E-state index in [1.165, 1.54) is 53.8 Å². The molecule has 2 nitrogen and oxygen atoms in total. The Morgan fingerprint density at radius 1 is 0.852 bits per heavy atom. The van der Waals surface area contributed by atoms with Crippen LogP contribution in [0.2, 0.25) is 0 Å². The number of thiophene rings is 1. The van der Waals surface area contributed by atoms with E-state index in [4.69, 9.17) is 0 Å². The van der Waals surface area contributed by atoms with Gasteiger partial charge in [-0.05, 0) is 61.1 Å². The molecule has 1 aromatic carbocycles. The van der Waals surface area contributed by atoms with Gasteiger partial charge in [0.25, 0.3) is 0 Å². The van der Waals surface area contributed by atoms with Crippen molar-refractivity contribution >= 4 is 11.3 Å². The highest BCUT2D eigenvalue weighted by Gasteiger charge is 2.05. The van der Waals surface area contributed by atoms with Crippen LogP contribution < -0.4 is 0 Å². The van der Waals surface area contributed by atoms with E-state index in [0.29, 0.717) is 0 Å². The van der Waals surface area contributed by atoms with E-state index < -0.39 is 0 Å². The molecule has 3 heteroatoms. The molecule has 0 saturated carbocycles. The Morgan fingerprint density at radius 2 is 1.67 bits per heavy atom. The number of rotatable bonds is 11. The molecule has 1 N–H and O–H groups in total. The molecule has 2 aromatic heterocycles. The van der Waals surface area contributed by atoms with Gasteiger partial charge in [-0.2, -0.15) is 0 Å².